The molecule has 96 valence electrons. The van der Waals surface area contributed by atoms with Gasteiger partial charge in [-0.25, -0.2) is 4.39 Å². The molecule has 4 nitrogen and oxygen atoms in total. The van der Waals surface area contributed by atoms with Gasteiger partial charge in [0.1, 0.15) is 5.82 Å². The Hall–Kier alpha value is -1.24. The lowest BCUT2D eigenvalue weighted by Gasteiger charge is -2.15. The summed E-state index contributed by atoms with van der Waals surface area (Å²) < 4.78 is 15.4. The Labute approximate surface area is 113 Å². The number of nitrogens with two attached hydrogens (primary N) is 1. The van der Waals surface area contributed by atoms with Crippen LogP contribution in [0.3, 0.4) is 0 Å². The van der Waals surface area contributed by atoms with Gasteiger partial charge in [0.2, 0.25) is 0 Å². The van der Waals surface area contributed by atoms with Gasteiger partial charge < -0.3 is 0 Å². The normalized spacial score (nSPS) is 12.7. The Morgan fingerprint density at radius 1 is 1.50 bits per heavy atom. The van der Waals surface area contributed by atoms with E-state index in [-0.39, 0.29) is 11.9 Å². The van der Waals surface area contributed by atoms with Gasteiger partial charge >= 0.3 is 0 Å². The monoisotopic (exact) mass is 312 g/mol. The largest absolute Gasteiger partial charge is 0.276 e. The highest BCUT2D eigenvalue weighted by atomic mass is 79.9. The van der Waals surface area contributed by atoms with E-state index in [1.54, 1.807) is 16.8 Å². The van der Waals surface area contributed by atoms with Gasteiger partial charge in [-0.2, -0.15) is 5.10 Å². The molecule has 0 aliphatic heterocycles. The van der Waals surface area contributed by atoms with Gasteiger partial charge in [-0.1, -0.05) is 6.07 Å². The number of nitrogens with zero attached hydrogens (tertiary/aromatic N) is 2. The molecule has 1 unspecified atom stereocenters. The summed E-state index contributed by atoms with van der Waals surface area (Å²) >= 11 is 3.17. The number of rotatable bonds is 4. The quantitative estimate of drug-likeness (QED) is 0.671. The molecule has 3 N–H and O–H groups in total. The number of halogens is 2. The molecule has 0 amide bonds. The zero-order valence-electron chi connectivity index (χ0n) is 9.90. The van der Waals surface area contributed by atoms with Crippen LogP contribution in [-0.4, -0.2) is 9.78 Å². The van der Waals surface area contributed by atoms with Crippen LogP contribution in [0.25, 0.3) is 0 Å². The van der Waals surface area contributed by atoms with Gasteiger partial charge in [0, 0.05) is 19.7 Å². The van der Waals surface area contributed by atoms with Crippen molar-refractivity contribution in [3.8, 4) is 0 Å². The minimum Gasteiger partial charge on any atom is -0.276 e. The summed E-state index contributed by atoms with van der Waals surface area (Å²) in [5.41, 5.74) is 4.57. The maximum atomic E-state index is 13.2. The third kappa shape index (κ3) is 2.95. The molecular weight excluding hydrogens is 299 g/mol. The third-order valence-corrected chi connectivity index (χ3v) is 3.34. The van der Waals surface area contributed by atoms with E-state index in [0.29, 0.717) is 10.9 Å². The second-order valence-corrected chi connectivity index (χ2v) is 4.93. The van der Waals surface area contributed by atoms with E-state index in [4.69, 9.17) is 5.84 Å². The molecule has 0 aliphatic rings. The fraction of sp³-hybridized carbons (Fsp3) is 0.250. The van der Waals surface area contributed by atoms with E-state index in [1.165, 1.54) is 6.07 Å². The molecule has 1 aromatic carbocycles. The third-order valence-electron chi connectivity index (χ3n) is 2.73. The lowest BCUT2D eigenvalue weighted by atomic mass is 10.0. The van der Waals surface area contributed by atoms with Gasteiger partial charge in [0.05, 0.1) is 16.2 Å². The van der Waals surface area contributed by atoms with Gasteiger partial charge in [-0.05, 0) is 39.7 Å². The zero-order chi connectivity index (χ0) is 13.1. The van der Waals surface area contributed by atoms with Crippen molar-refractivity contribution in [2.75, 3.05) is 0 Å². The molecule has 0 saturated heterocycles. The van der Waals surface area contributed by atoms with Crippen molar-refractivity contribution in [1.82, 2.24) is 15.2 Å². The maximum absolute atomic E-state index is 13.2. The first kappa shape index (κ1) is 13.2. The van der Waals surface area contributed by atoms with Crippen molar-refractivity contribution in [3.63, 3.8) is 0 Å². The van der Waals surface area contributed by atoms with Crippen molar-refractivity contribution < 1.29 is 4.39 Å². The molecule has 0 spiro atoms. The Balaban J connectivity index is 2.19. The number of aromatic nitrogens is 2. The Bertz CT molecular complexity index is 541. The molecule has 1 heterocycles. The van der Waals surface area contributed by atoms with Gasteiger partial charge in [-0.15, -0.1) is 0 Å². The predicted octanol–water partition coefficient (Wildman–Crippen LogP) is 2.07. The second kappa shape index (κ2) is 5.60. The van der Waals surface area contributed by atoms with Crippen LogP contribution < -0.4 is 11.3 Å². The first-order valence-electron chi connectivity index (χ1n) is 5.49. The molecule has 1 aromatic heterocycles. The Morgan fingerprint density at radius 3 is 2.83 bits per heavy atom. The van der Waals surface area contributed by atoms with Gasteiger partial charge in [0.25, 0.3) is 0 Å². The van der Waals surface area contributed by atoms with Crippen LogP contribution in [0.5, 0.6) is 0 Å². The number of nitrogens with one attached hydrogen (secondary N) is 1. The van der Waals surface area contributed by atoms with Gasteiger partial charge in [0.15, 0.2) is 0 Å². The summed E-state index contributed by atoms with van der Waals surface area (Å²) in [6.45, 7) is 0. The predicted molar refractivity (Wildman–Crippen MR) is 71.1 cm³/mol. The molecular formula is C12H14BrFN4. The molecule has 2 aromatic rings. The number of hydrogen-bond acceptors (Lipinski definition) is 3. The number of hydrogen-bond donors (Lipinski definition) is 2. The van der Waals surface area contributed by atoms with Crippen LogP contribution >= 0.6 is 15.9 Å². The summed E-state index contributed by atoms with van der Waals surface area (Å²) in [5, 5.41) is 4.30. The van der Waals surface area contributed by atoms with E-state index in [9.17, 15) is 4.39 Å². The molecule has 2 rings (SSSR count). The molecule has 6 heteroatoms. The maximum Gasteiger partial charge on any atom is 0.137 e. The number of benzene rings is 1. The number of hydrazine groups is 1. The smallest absolute Gasteiger partial charge is 0.137 e. The van der Waals surface area contributed by atoms with Crippen molar-refractivity contribution in [2.45, 2.75) is 12.5 Å². The highest BCUT2D eigenvalue weighted by Crippen LogP contribution is 2.23. The lowest BCUT2D eigenvalue weighted by Crippen LogP contribution is -2.29. The van der Waals surface area contributed by atoms with E-state index >= 15 is 0 Å². The molecule has 0 fully saturated rings. The van der Waals surface area contributed by atoms with E-state index in [1.807, 2.05) is 19.3 Å². The lowest BCUT2D eigenvalue weighted by molar-refractivity contribution is 0.538. The van der Waals surface area contributed by atoms with Gasteiger partial charge in [-0.3, -0.25) is 16.0 Å². The Kier molecular flexibility index (Phi) is 4.11. The molecule has 0 radical (unpaired) electrons. The average Bonchev–Trinajstić information content (AvgIpc) is 2.75. The van der Waals surface area contributed by atoms with Crippen LogP contribution in [0.2, 0.25) is 0 Å². The first-order chi connectivity index (χ1) is 8.60. The molecule has 1 atom stereocenters. The minimum atomic E-state index is -0.285. The fourth-order valence-electron chi connectivity index (χ4n) is 1.78. The molecule has 0 saturated carbocycles. The number of aryl methyl sites for hydroxylation is 1. The van der Waals surface area contributed by atoms with Crippen LogP contribution in [0.4, 0.5) is 4.39 Å². The van der Waals surface area contributed by atoms with E-state index in [2.05, 4.69) is 26.5 Å². The zero-order valence-corrected chi connectivity index (χ0v) is 11.5. The van der Waals surface area contributed by atoms with Crippen molar-refractivity contribution in [2.24, 2.45) is 12.9 Å². The first-order valence-corrected chi connectivity index (χ1v) is 6.29. The topological polar surface area (TPSA) is 55.9 Å². The van der Waals surface area contributed by atoms with E-state index in [0.717, 1.165) is 11.3 Å². The highest BCUT2D eigenvalue weighted by molar-refractivity contribution is 9.10. The highest BCUT2D eigenvalue weighted by Gasteiger charge is 2.13. The van der Waals surface area contributed by atoms with Crippen LogP contribution in [0, 0.1) is 5.82 Å². The molecule has 0 aliphatic carbocycles. The van der Waals surface area contributed by atoms with Crippen molar-refractivity contribution in [3.05, 3.63) is 52.0 Å². The minimum absolute atomic E-state index is 0.100. The van der Waals surface area contributed by atoms with Crippen LogP contribution in [0.1, 0.15) is 17.3 Å². The standard InChI is InChI=1S/C12H14BrFN4/c1-18-5-4-9(17-18)7-12(16-15)8-2-3-11(14)10(13)6-8/h2-6,12,16H,7,15H2,1H3. The summed E-state index contributed by atoms with van der Waals surface area (Å²) in [5.74, 6) is 5.27. The molecule has 0 bridgehead atoms. The summed E-state index contributed by atoms with van der Waals surface area (Å²) in [4.78, 5) is 0. The SMILES string of the molecule is Cn1ccc(CC(NN)c2ccc(F)c(Br)c2)n1. The summed E-state index contributed by atoms with van der Waals surface area (Å²) in [6.07, 6.45) is 2.53. The van der Waals surface area contributed by atoms with Crippen molar-refractivity contribution >= 4 is 15.9 Å². The second-order valence-electron chi connectivity index (χ2n) is 4.08. The van der Waals surface area contributed by atoms with Crippen LogP contribution in [0.15, 0.2) is 34.9 Å². The van der Waals surface area contributed by atoms with E-state index < -0.39 is 0 Å². The summed E-state index contributed by atoms with van der Waals surface area (Å²) in [6, 6.07) is 6.69. The fourth-order valence-corrected chi connectivity index (χ4v) is 2.18. The molecule has 18 heavy (non-hydrogen) atoms. The summed E-state index contributed by atoms with van der Waals surface area (Å²) in [7, 11) is 1.86. The average molecular weight is 313 g/mol. The van der Waals surface area contributed by atoms with Crippen molar-refractivity contribution in [1.29, 1.82) is 0 Å². The van der Waals surface area contributed by atoms with Crippen LogP contribution in [-0.2, 0) is 13.5 Å². The Morgan fingerprint density at radius 2 is 2.28 bits per heavy atom.